The van der Waals surface area contributed by atoms with Crippen LogP contribution in [-0.2, 0) is 21.4 Å². The Morgan fingerprint density at radius 1 is 1.12 bits per heavy atom. The van der Waals surface area contributed by atoms with Crippen LogP contribution in [0.15, 0.2) is 55.1 Å². The average molecular weight is 352 g/mol. The zero-order chi connectivity index (χ0) is 19.3. The Morgan fingerprint density at radius 3 is 2.50 bits per heavy atom. The van der Waals surface area contributed by atoms with Crippen molar-refractivity contribution in [1.29, 1.82) is 0 Å². The number of hydrogen-bond donors (Lipinski definition) is 3. The number of aromatic hydroxyl groups is 1. The van der Waals surface area contributed by atoms with Gasteiger partial charge in [0.25, 0.3) is 0 Å². The number of amides is 2. The molecule has 26 heavy (non-hydrogen) atoms. The second-order valence-electron chi connectivity index (χ2n) is 7.10. The molecular formula is C21H24N2O3. The normalized spacial score (nSPS) is 10.9. The van der Waals surface area contributed by atoms with Gasteiger partial charge >= 0.3 is 0 Å². The van der Waals surface area contributed by atoms with Gasteiger partial charge in [0.2, 0.25) is 11.8 Å². The van der Waals surface area contributed by atoms with Crippen molar-refractivity contribution in [3.05, 3.63) is 66.2 Å². The van der Waals surface area contributed by atoms with Gasteiger partial charge in [0.05, 0.1) is 12.1 Å². The van der Waals surface area contributed by atoms with Gasteiger partial charge in [-0.1, -0.05) is 45.5 Å². The maximum Gasteiger partial charge on any atom is 0.247 e. The van der Waals surface area contributed by atoms with E-state index in [1.165, 1.54) is 6.08 Å². The van der Waals surface area contributed by atoms with Gasteiger partial charge < -0.3 is 15.7 Å². The van der Waals surface area contributed by atoms with Gasteiger partial charge in [0.1, 0.15) is 5.75 Å². The third-order valence-electron chi connectivity index (χ3n) is 3.88. The lowest BCUT2D eigenvalue weighted by Crippen LogP contribution is -2.16. The number of rotatable bonds is 5. The molecule has 0 aromatic heterocycles. The first-order chi connectivity index (χ1) is 12.2. The Balaban J connectivity index is 2.11. The van der Waals surface area contributed by atoms with Crippen molar-refractivity contribution in [2.24, 2.45) is 0 Å². The molecule has 0 unspecified atom stereocenters. The number of anilines is 2. The van der Waals surface area contributed by atoms with Gasteiger partial charge in [0, 0.05) is 5.69 Å². The highest BCUT2D eigenvalue weighted by Crippen LogP contribution is 2.30. The van der Waals surface area contributed by atoms with E-state index in [1.54, 1.807) is 36.4 Å². The fourth-order valence-electron chi connectivity index (χ4n) is 2.43. The summed E-state index contributed by atoms with van der Waals surface area (Å²) < 4.78 is 0. The second-order valence-corrected chi connectivity index (χ2v) is 7.10. The lowest BCUT2D eigenvalue weighted by atomic mass is 9.87. The lowest BCUT2D eigenvalue weighted by Gasteiger charge is -2.20. The van der Waals surface area contributed by atoms with E-state index in [1.807, 2.05) is 6.07 Å². The maximum absolute atomic E-state index is 12.4. The van der Waals surface area contributed by atoms with Crippen LogP contribution < -0.4 is 10.6 Å². The van der Waals surface area contributed by atoms with E-state index in [0.717, 1.165) is 11.1 Å². The molecule has 0 heterocycles. The number of phenols is 1. The van der Waals surface area contributed by atoms with Crippen molar-refractivity contribution < 1.29 is 14.7 Å². The lowest BCUT2D eigenvalue weighted by molar-refractivity contribution is -0.115. The molecule has 5 nitrogen and oxygen atoms in total. The molecule has 3 N–H and O–H groups in total. The van der Waals surface area contributed by atoms with Crippen LogP contribution in [0.5, 0.6) is 5.75 Å². The zero-order valence-electron chi connectivity index (χ0n) is 15.3. The van der Waals surface area contributed by atoms with E-state index in [2.05, 4.69) is 38.0 Å². The number of carbonyl (C=O) groups is 2. The van der Waals surface area contributed by atoms with Crippen LogP contribution in [0, 0.1) is 0 Å². The van der Waals surface area contributed by atoms with Crippen LogP contribution >= 0.6 is 0 Å². The van der Waals surface area contributed by atoms with Crippen LogP contribution in [0.1, 0.15) is 31.9 Å². The van der Waals surface area contributed by atoms with Crippen LogP contribution in [-0.4, -0.2) is 16.9 Å². The molecule has 0 aliphatic heterocycles. The first-order valence-corrected chi connectivity index (χ1v) is 8.35. The van der Waals surface area contributed by atoms with E-state index in [9.17, 15) is 14.7 Å². The highest BCUT2D eigenvalue weighted by molar-refractivity contribution is 5.99. The van der Waals surface area contributed by atoms with Crippen molar-refractivity contribution >= 4 is 23.2 Å². The molecule has 2 amide bonds. The van der Waals surface area contributed by atoms with Gasteiger partial charge in [-0.25, -0.2) is 0 Å². The highest BCUT2D eigenvalue weighted by atomic mass is 16.3. The molecule has 0 atom stereocenters. The number of benzene rings is 2. The average Bonchev–Trinajstić information content (AvgIpc) is 2.56. The summed E-state index contributed by atoms with van der Waals surface area (Å²) in [5, 5.41) is 15.4. The third-order valence-corrected chi connectivity index (χ3v) is 3.88. The molecule has 0 radical (unpaired) electrons. The largest absolute Gasteiger partial charge is 0.506 e. The third kappa shape index (κ3) is 5.21. The Kier molecular flexibility index (Phi) is 5.82. The van der Waals surface area contributed by atoms with E-state index >= 15 is 0 Å². The number of carbonyl (C=O) groups excluding carboxylic acids is 2. The summed E-state index contributed by atoms with van der Waals surface area (Å²) in [6.07, 6.45) is 1.31. The predicted molar refractivity (Wildman–Crippen MR) is 104 cm³/mol. The van der Waals surface area contributed by atoms with Gasteiger partial charge in [-0.15, -0.1) is 0 Å². The molecule has 0 saturated carbocycles. The summed E-state index contributed by atoms with van der Waals surface area (Å²) in [6.45, 7) is 9.60. The summed E-state index contributed by atoms with van der Waals surface area (Å²) in [5.41, 5.74) is 2.65. The molecule has 136 valence electrons. The van der Waals surface area contributed by atoms with E-state index in [-0.39, 0.29) is 29.4 Å². The number of nitrogens with one attached hydrogen (secondary N) is 2. The van der Waals surface area contributed by atoms with Crippen molar-refractivity contribution in [3.63, 3.8) is 0 Å². The Labute approximate surface area is 153 Å². The molecule has 2 aromatic rings. The molecule has 0 aliphatic rings. The van der Waals surface area contributed by atoms with Crippen molar-refractivity contribution in [1.82, 2.24) is 0 Å². The van der Waals surface area contributed by atoms with Crippen LogP contribution in [0.3, 0.4) is 0 Å². The topological polar surface area (TPSA) is 78.4 Å². The van der Waals surface area contributed by atoms with E-state index < -0.39 is 0 Å². The van der Waals surface area contributed by atoms with Crippen molar-refractivity contribution in [2.45, 2.75) is 32.6 Å². The van der Waals surface area contributed by atoms with Crippen molar-refractivity contribution in [3.8, 4) is 5.75 Å². The summed E-state index contributed by atoms with van der Waals surface area (Å²) in [7, 11) is 0. The minimum absolute atomic E-state index is 0.0262. The van der Waals surface area contributed by atoms with Gasteiger partial charge in [-0.2, -0.15) is 0 Å². The van der Waals surface area contributed by atoms with Gasteiger partial charge in [0.15, 0.2) is 0 Å². The smallest absolute Gasteiger partial charge is 0.247 e. The minimum Gasteiger partial charge on any atom is -0.506 e. The summed E-state index contributed by atoms with van der Waals surface area (Å²) in [6, 6.07) is 12.2. The maximum atomic E-state index is 12.4. The summed E-state index contributed by atoms with van der Waals surface area (Å²) >= 11 is 0. The molecule has 0 saturated heterocycles. The molecular weight excluding hydrogens is 328 g/mol. The molecule has 0 bridgehead atoms. The fourth-order valence-corrected chi connectivity index (χ4v) is 2.43. The summed E-state index contributed by atoms with van der Waals surface area (Å²) in [4.78, 5) is 23.7. The Bertz CT molecular complexity index is 835. The Morgan fingerprint density at radius 2 is 1.85 bits per heavy atom. The monoisotopic (exact) mass is 352 g/mol. The van der Waals surface area contributed by atoms with E-state index in [4.69, 9.17) is 0 Å². The Hall–Kier alpha value is -3.08. The highest BCUT2D eigenvalue weighted by Gasteiger charge is 2.16. The fraction of sp³-hybridized carbons (Fsp3) is 0.238. The first kappa shape index (κ1) is 19.2. The SMILES string of the molecule is C=CC(=O)Nc1cccc(CC(=O)Nc2cc(C(C)(C)C)ccc2O)c1. The minimum atomic E-state index is -0.310. The standard InChI is InChI=1S/C21H24N2O3/c1-5-19(25)22-16-8-6-7-14(11-16)12-20(26)23-17-13-15(21(2,3)4)9-10-18(17)24/h5-11,13,24H,1,12H2,2-4H3,(H,22,25)(H,23,26). The quantitative estimate of drug-likeness (QED) is 0.562. The van der Waals surface area contributed by atoms with Gasteiger partial charge in [-0.05, 0) is 46.9 Å². The number of hydrogen-bond acceptors (Lipinski definition) is 3. The van der Waals surface area contributed by atoms with Crippen LogP contribution in [0.2, 0.25) is 0 Å². The molecule has 2 rings (SSSR count). The number of phenolic OH excluding ortho intramolecular Hbond substituents is 1. The molecule has 5 heteroatoms. The molecule has 0 fully saturated rings. The molecule has 2 aromatic carbocycles. The van der Waals surface area contributed by atoms with Gasteiger partial charge in [-0.3, -0.25) is 9.59 Å². The van der Waals surface area contributed by atoms with Crippen LogP contribution in [0.25, 0.3) is 0 Å². The molecule has 0 aliphatic carbocycles. The second kappa shape index (κ2) is 7.87. The first-order valence-electron chi connectivity index (χ1n) is 8.35. The van der Waals surface area contributed by atoms with E-state index in [0.29, 0.717) is 11.4 Å². The zero-order valence-corrected chi connectivity index (χ0v) is 15.3. The van der Waals surface area contributed by atoms with Crippen molar-refractivity contribution in [2.75, 3.05) is 10.6 Å². The summed E-state index contributed by atoms with van der Waals surface area (Å²) in [5.74, 6) is -0.535. The predicted octanol–water partition coefficient (Wildman–Crippen LogP) is 4.00. The van der Waals surface area contributed by atoms with Crippen LogP contribution in [0.4, 0.5) is 11.4 Å². The molecule has 0 spiro atoms.